The number of imidazole rings is 1. The van der Waals surface area contributed by atoms with Crippen LogP contribution in [-0.4, -0.2) is 20.4 Å². The normalized spacial score (nSPS) is 16.8. The van der Waals surface area contributed by atoms with Gasteiger partial charge < -0.3 is 9.47 Å². The van der Waals surface area contributed by atoms with E-state index >= 15 is 0 Å². The third-order valence-corrected chi connectivity index (χ3v) is 4.92. The summed E-state index contributed by atoms with van der Waals surface area (Å²) in [6.07, 6.45) is 3.49. The molecule has 0 saturated carbocycles. The lowest BCUT2D eigenvalue weighted by molar-refractivity contribution is -0.136. The number of carbonyl (C=O) groups excluding carboxylic acids is 1. The van der Waals surface area contributed by atoms with Crippen LogP contribution in [0.25, 0.3) is 0 Å². The van der Waals surface area contributed by atoms with Crippen molar-refractivity contribution in [3.05, 3.63) is 88.2 Å². The van der Waals surface area contributed by atoms with Gasteiger partial charge in [0.1, 0.15) is 11.9 Å². The van der Waals surface area contributed by atoms with E-state index in [4.69, 9.17) is 0 Å². The van der Waals surface area contributed by atoms with Gasteiger partial charge in [-0.3, -0.25) is 4.79 Å². The molecule has 1 aliphatic rings. The molecule has 0 saturated heterocycles. The number of halogens is 2. The SMILES string of the molecule is O=C1C(c2ccc(Br)cc2)n2cncc2CN1Cc1ccc(F)cc1. The maximum atomic E-state index is 13.1. The Labute approximate surface area is 153 Å². The molecule has 1 aliphatic heterocycles. The van der Waals surface area contributed by atoms with Crippen LogP contribution >= 0.6 is 15.9 Å². The van der Waals surface area contributed by atoms with Gasteiger partial charge in [-0.1, -0.05) is 40.2 Å². The van der Waals surface area contributed by atoms with Crippen LogP contribution in [-0.2, 0) is 17.9 Å². The number of benzene rings is 2. The van der Waals surface area contributed by atoms with Crippen molar-refractivity contribution in [3.63, 3.8) is 0 Å². The molecule has 0 N–H and O–H groups in total. The fraction of sp³-hybridized carbons (Fsp3) is 0.158. The Morgan fingerprint density at radius 2 is 1.84 bits per heavy atom. The monoisotopic (exact) mass is 399 g/mol. The average molecular weight is 400 g/mol. The summed E-state index contributed by atoms with van der Waals surface area (Å²) in [5, 5.41) is 0. The van der Waals surface area contributed by atoms with Crippen LogP contribution in [0.5, 0.6) is 0 Å². The zero-order chi connectivity index (χ0) is 17.4. The minimum Gasteiger partial charge on any atom is -0.330 e. The molecule has 4 nitrogen and oxygen atoms in total. The van der Waals surface area contributed by atoms with Gasteiger partial charge in [0.15, 0.2) is 0 Å². The number of carbonyl (C=O) groups is 1. The Kier molecular flexibility index (Phi) is 4.13. The average Bonchev–Trinajstić information content (AvgIpc) is 3.06. The minimum atomic E-state index is -0.431. The Balaban J connectivity index is 1.68. The standard InChI is InChI=1S/C19H15BrFN3O/c20-15-5-3-14(4-6-15)18-19(25)23(11-17-9-22-12-24(17)18)10-13-1-7-16(21)8-2-13/h1-9,12,18H,10-11H2. The number of hydrogen-bond donors (Lipinski definition) is 0. The number of hydrogen-bond acceptors (Lipinski definition) is 2. The third-order valence-electron chi connectivity index (χ3n) is 4.40. The molecule has 1 aromatic heterocycles. The predicted molar refractivity (Wildman–Crippen MR) is 95.2 cm³/mol. The smallest absolute Gasteiger partial charge is 0.250 e. The topological polar surface area (TPSA) is 38.1 Å². The summed E-state index contributed by atoms with van der Waals surface area (Å²) in [6.45, 7) is 0.931. The molecule has 0 bridgehead atoms. The van der Waals surface area contributed by atoms with E-state index in [9.17, 15) is 9.18 Å². The van der Waals surface area contributed by atoms with Crippen LogP contribution in [0.2, 0.25) is 0 Å². The highest BCUT2D eigenvalue weighted by molar-refractivity contribution is 9.10. The van der Waals surface area contributed by atoms with Crippen molar-refractivity contribution in [1.82, 2.24) is 14.5 Å². The van der Waals surface area contributed by atoms with Crippen molar-refractivity contribution in [2.45, 2.75) is 19.1 Å². The van der Waals surface area contributed by atoms with Gasteiger partial charge in [-0.05, 0) is 35.4 Å². The van der Waals surface area contributed by atoms with E-state index in [0.29, 0.717) is 13.1 Å². The molecule has 1 atom stereocenters. The maximum absolute atomic E-state index is 13.1. The first-order chi connectivity index (χ1) is 12.1. The van der Waals surface area contributed by atoms with E-state index in [2.05, 4.69) is 20.9 Å². The first-order valence-corrected chi connectivity index (χ1v) is 8.70. The van der Waals surface area contributed by atoms with Crippen LogP contribution < -0.4 is 0 Å². The lowest BCUT2D eigenvalue weighted by Gasteiger charge is -2.34. The molecule has 0 aliphatic carbocycles. The van der Waals surface area contributed by atoms with Gasteiger partial charge in [0, 0.05) is 17.2 Å². The zero-order valence-electron chi connectivity index (χ0n) is 13.3. The molecular weight excluding hydrogens is 385 g/mol. The zero-order valence-corrected chi connectivity index (χ0v) is 14.9. The van der Waals surface area contributed by atoms with Crippen molar-refractivity contribution in [3.8, 4) is 0 Å². The molecule has 0 fully saturated rings. The summed E-state index contributed by atoms with van der Waals surface area (Å²) in [6, 6.07) is 13.6. The van der Waals surface area contributed by atoms with Crippen LogP contribution in [0.3, 0.4) is 0 Å². The summed E-state index contributed by atoms with van der Waals surface area (Å²) < 4.78 is 16.0. The molecule has 0 radical (unpaired) electrons. The fourth-order valence-electron chi connectivity index (χ4n) is 3.14. The number of nitrogens with zero attached hydrogens (tertiary/aromatic N) is 3. The lowest BCUT2D eigenvalue weighted by atomic mass is 10.0. The summed E-state index contributed by atoms with van der Waals surface area (Å²) in [5.74, 6) is -0.267. The minimum absolute atomic E-state index is 0.0112. The predicted octanol–water partition coefficient (Wildman–Crippen LogP) is 3.92. The van der Waals surface area contributed by atoms with Crippen LogP contribution in [0.1, 0.15) is 22.9 Å². The number of rotatable bonds is 3. The van der Waals surface area contributed by atoms with Gasteiger partial charge in [-0.25, -0.2) is 9.37 Å². The van der Waals surface area contributed by atoms with Gasteiger partial charge >= 0.3 is 0 Å². The van der Waals surface area contributed by atoms with E-state index in [-0.39, 0.29) is 11.7 Å². The van der Waals surface area contributed by atoms with Gasteiger partial charge in [-0.15, -0.1) is 0 Å². The van der Waals surface area contributed by atoms with Gasteiger partial charge in [0.2, 0.25) is 0 Å². The Hall–Kier alpha value is -2.47. The van der Waals surface area contributed by atoms with E-state index in [1.807, 2.05) is 28.8 Å². The molecule has 2 aromatic carbocycles. The fourth-order valence-corrected chi connectivity index (χ4v) is 3.41. The molecule has 3 aromatic rings. The third kappa shape index (κ3) is 3.09. The van der Waals surface area contributed by atoms with Crippen LogP contribution in [0.4, 0.5) is 4.39 Å². The van der Waals surface area contributed by atoms with E-state index in [0.717, 1.165) is 21.3 Å². The second-order valence-electron chi connectivity index (χ2n) is 6.07. The Bertz CT molecular complexity index is 905. The van der Waals surface area contributed by atoms with E-state index in [1.54, 1.807) is 29.6 Å². The number of fused-ring (bicyclic) bond motifs is 1. The van der Waals surface area contributed by atoms with Crippen molar-refractivity contribution in [2.75, 3.05) is 0 Å². The molecule has 25 heavy (non-hydrogen) atoms. The number of amides is 1. The highest BCUT2D eigenvalue weighted by Crippen LogP contribution is 2.30. The molecule has 0 spiro atoms. The van der Waals surface area contributed by atoms with Gasteiger partial charge in [0.25, 0.3) is 5.91 Å². The molecule has 6 heteroatoms. The van der Waals surface area contributed by atoms with E-state index in [1.165, 1.54) is 12.1 Å². The summed E-state index contributed by atoms with van der Waals surface area (Å²) >= 11 is 3.43. The van der Waals surface area contributed by atoms with Crippen LogP contribution in [0.15, 0.2) is 65.5 Å². The van der Waals surface area contributed by atoms with Crippen molar-refractivity contribution >= 4 is 21.8 Å². The molecule has 2 heterocycles. The second-order valence-corrected chi connectivity index (χ2v) is 6.98. The molecule has 1 unspecified atom stereocenters. The largest absolute Gasteiger partial charge is 0.330 e. The van der Waals surface area contributed by atoms with Crippen LogP contribution in [0, 0.1) is 5.82 Å². The van der Waals surface area contributed by atoms with Gasteiger partial charge in [0.05, 0.1) is 18.6 Å². The van der Waals surface area contributed by atoms with Crippen molar-refractivity contribution in [1.29, 1.82) is 0 Å². The summed E-state index contributed by atoms with van der Waals surface area (Å²) in [4.78, 5) is 19.1. The van der Waals surface area contributed by atoms with Gasteiger partial charge in [-0.2, -0.15) is 0 Å². The molecular formula is C19H15BrFN3O. The molecule has 126 valence electrons. The second kappa shape index (κ2) is 6.44. The number of aromatic nitrogens is 2. The molecule has 4 rings (SSSR count). The van der Waals surface area contributed by atoms with E-state index < -0.39 is 6.04 Å². The Morgan fingerprint density at radius 1 is 1.12 bits per heavy atom. The highest BCUT2D eigenvalue weighted by atomic mass is 79.9. The highest BCUT2D eigenvalue weighted by Gasteiger charge is 2.33. The summed E-state index contributed by atoms with van der Waals surface area (Å²) in [7, 11) is 0. The lowest BCUT2D eigenvalue weighted by Crippen LogP contribution is -2.42. The van der Waals surface area contributed by atoms with Crippen molar-refractivity contribution in [2.24, 2.45) is 0 Å². The first-order valence-electron chi connectivity index (χ1n) is 7.91. The Morgan fingerprint density at radius 3 is 2.56 bits per heavy atom. The molecule has 1 amide bonds. The first kappa shape index (κ1) is 16.0. The van der Waals surface area contributed by atoms with Crippen molar-refractivity contribution < 1.29 is 9.18 Å². The summed E-state index contributed by atoms with van der Waals surface area (Å²) in [5.41, 5.74) is 2.79. The maximum Gasteiger partial charge on any atom is 0.250 e. The quantitative estimate of drug-likeness (QED) is 0.669.